The van der Waals surface area contributed by atoms with Gasteiger partial charge in [-0.05, 0) is 75.8 Å². The summed E-state index contributed by atoms with van der Waals surface area (Å²) in [5, 5.41) is 4.84. The zero-order valence-electron chi connectivity index (χ0n) is 22.9. The zero-order valence-corrected chi connectivity index (χ0v) is 22.9. The van der Waals surface area contributed by atoms with E-state index < -0.39 is 0 Å². The normalized spacial score (nSPS) is 14.1. The predicted octanol–water partition coefficient (Wildman–Crippen LogP) is 8.35. The molecule has 1 aliphatic rings. The van der Waals surface area contributed by atoms with Gasteiger partial charge in [0.25, 0.3) is 0 Å². The number of ether oxygens (including phenoxy) is 2. The molecule has 2 unspecified atom stereocenters. The first-order valence-corrected chi connectivity index (χ1v) is 13.8. The lowest BCUT2D eigenvalue weighted by molar-refractivity contribution is -0.132. The number of rotatable bonds is 8. The van der Waals surface area contributed by atoms with Crippen LogP contribution >= 0.6 is 0 Å². The second-order valence-electron chi connectivity index (χ2n) is 10.5. The largest absolute Gasteiger partial charge is 0.454 e. The number of amides is 1. The summed E-state index contributed by atoms with van der Waals surface area (Å²) in [6.07, 6.45) is 5.18. The van der Waals surface area contributed by atoms with Crippen LogP contribution in [0.3, 0.4) is 0 Å². The highest BCUT2D eigenvalue weighted by atomic mass is 16.7. The molecule has 200 valence electrons. The molecule has 0 saturated heterocycles. The van der Waals surface area contributed by atoms with Crippen LogP contribution in [0.2, 0.25) is 0 Å². The van der Waals surface area contributed by atoms with Crippen LogP contribution in [-0.2, 0) is 11.3 Å². The molecule has 4 nitrogen and oxygen atoms in total. The van der Waals surface area contributed by atoms with Crippen molar-refractivity contribution in [3.05, 3.63) is 126 Å². The summed E-state index contributed by atoms with van der Waals surface area (Å²) in [5.41, 5.74) is 3.41. The highest BCUT2D eigenvalue weighted by molar-refractivity contribution is 5.85. The molecule has 0 saturated carbocycles. The first-order valence-electron chi connectivity index (χ1n) is 13.8. The van der Waals surface area contributed by atoms with Crippen molar-refractivity contribution in [2.45, 2.75) is 38.8 Å². The summed E-state index contributed by atoms with van der Waals surface area (Å²) >= 11 is 0. The minimum atomic E-state index is -0.0504. The van der Waals surface area contributed by atoms with Crippen molar-refractivity contribution in [3.8, 4) is 11.5 Å². The Labute approximate surface area is 235 Å². The molecule has 5 aromatic carbocycles. The summed E-state index contributed by atoms with van der Waals surface area (Å²) in [6, 6.07) is 35.8. The van der Waals surface area contributed by atoms with Crippen LogP contribution in [0.5, 0.6) is 11.5 Å². The minimum Gasteiger partial charge on any atom is -0.454 e. The van der Waals surface area contributed by atoms with E-state index in [0.29, 0.717) is 6.54 Å². The van der Waals surface area contributed by atoms with Gasteiger partial charge in [0.2, 0.25) is 12.7 Å². The molecular formula is C36H33NO3. The molecule has 1 heterocycles. The van der Waals surface area contributed by atoms with Gasteiger partial charge < -0.3 is 14.4 Å². The molecule has 0 radical (unpaired) electrons. The van der Waals surface area contributed by atoms with Crippen molar-refractivity contribution in [1.29, 1.82) is 0 Å². The van der Waals surface area contributed by atoms with Gasteiger partial charge in [-0.25, -0.2) is 0 Å². The maximum absolute atomic E-state index is 13.1. The van der Waals surface area contributed by atoms with E-state index in [0.717, 1.165) is 34.6 Å². The van der Waals surface area contributed by atoms with Crippen LogP contribution in [0.1, 0.15) is 42.9 Å². The molecule has 0 aromatic heterocycles. The number of nitrogens with zero attached hydrogens (tertiary/aromatic N) is 1. The monoisotopic (exact) mass is 527 g/mol. The van der Waals surface area contributed by atoms with Gasteiger partial charge in [-0.2, -0.15) is 0 Å². The summed E-state index contributed by atoms with van der Waals surface area (Å²) < 4.78 is 11.3. The minimum absolute atomic E-state index is 0.0504. The fourth-order valence-electron chi connectivity index (χ4n) is 5.71. The van der Waals surface area contributed by atoms with Gasteiger partial charge in [0.1, 0.15) is 0 Å². The molecule has 0 aliphatic carbocycles. The third-order valence-electron chi connectivity index (χ3n) is 7.94. The number of carbonyl (C=O) groups excluding carboxylic acids is 1. The molecule has 40 heavy (non-hydrogen) atoms. The molecule has 1 amide bonds. The number of benzene rings is 5. The Hall–Kier alpha value is -4.57. The molecule has 5 aromatic rings. The second-order valence-corrected chi connectivity index (χ2v) is 10.5. The second kappa shape index (κ2) is 11.3. The third-order valence-corrected chi connectivity index (χ3v) is 7.94. The van der Waals surface area contributed by atoms with Crippen molar-refractivity contribution in [1.82, 2.24) is 4.90 Å². The van der Waals surface area contributed by atoms with Crippen molar-refractivity contribution < 1.29 is 14.3 Å². The third kappa shape index (κ3) is 5.43. The van der Waals surface area contributed by atoms with Crippen LogP contribution in [0.25, 0.3) is 27.6 Å². The maximum Gasteiger partial charge on any atom is 0.231 e. The topological polar surface area (TPSA) is 38.8 Å². The molecule has 0 N–H and O–H groups in total. The number of fused-ring (bicyclic) bond motifs is 3. The SMILES string of the molecule is CC(=O)N(Cc1ccc2ccccc2c1)C(C)C(CC=Cc1ccc2ccccc2c1)c1ccc2c(c1)OCO2. The van der Waals surface area contributed by atoms with Crippen molar-refractivity contribution in [2.75, 3.05) is 6.79 Å². The van der Waals surface area contributed by atoms with E-state index in [9.17, 15) is 4.79 Å². The van der Waals surface area contributed by atoms with Crippen LogP contribution < -0.4 is 9.47 Å². The van der Waals surface area contributed by atoms with Crippen LogP contribution in [0.15, 0.2) is 109 Å². The molecule has 0 bridgehead atoms. The Morgan fingerprint density at radius 3 is 2.23 bits per heavy atom. The molecule has 0 fully saturated rings. The first kappa shape index (κ1) is 25.7. The summed E-state index contributed by atoms with van der Waals surface area (Å²) in [4.78, 5) is 15.0. The lowest BCUT2D eigenvalue weighted by Gasteiger charge is -2.34. The highest BCUT2D eigenvalue weighted by Gasteiger charge is 2.28. The quantitative estimate of drug-likeness (QED) is 0.204. The average Bonchev–Trinajstić information content (AvgIpc) is 3.45. The Morgan fingerprint density at radius 1 is 0.800 bits per heavy atom. The van der Waals surface area contributed by atoms with E-state index in [4.69, 9.17) is 9.47 Å². The van der Waals surface area contributed by atoms with E-state index in [2.05, 4.69) is 110 Å². The Morgan fingerprint density at radius 2 is 1.48 bits per heavy atom. The number of allylic oxidation sites excluding steroid dienone is 1. The number of hydrogen-bond donors (Lipinski definition) is 0. The summed E-state index contributed by atoms with van der Waals surface area (Å²) in [5.74, 6) is 1.65. The lowest BCUT2D eigenvalue weighted by Crippen LogP contribution is -2.40. The van der Waals surface area contributed by atoms with E-state index in [-0.39, 0.29) is 24.7 Å². The maximum atomic E-state index is 13.1. The van der Waals surface area contributed by atoms with Gasteiger partial charge in [-0.15, -0.1) is 0 Å². The fourth-order valence-corrected chi connectivity index (χ4v) is 5.71. The lowest BCUT2D eigenvalue weighted by atomic mass is 9.87. The van der Waals surface area contributed by atoms with Gasteiger partial charge in [-0.1, -0.05) is 91.0 Å². The van der Waals surface area contributed by atoms with Gasteiger partial charge in [0.15, 0.2) is 11.5 Å². The first-order chi connectivity index (χ1) is 19.5. The Kier molecular flexibility index (Phi) is 7.24. The van der Waals surface area contributed by atoms with E-state index >= 15 is 0 Å². The molecule has 1 aliphatic heterocycles. The molecular weight excluding hydrogens is 494 g/mol. The highest BCUT2D eigenvalue weighted by Crippen LogP contribution is 2.38. The molecule has 0 spiro atoms. The number of hydrogen-bond acceptors (Lipinski definition) is 3. The Balaban J connectivity index is 1.29. The Bertz CT molecular complexity index is 1710. The van der Waals surface area contributed by atoms with E-state index in [1.165, 1.54) is 21.5 Å². The summed E-state index contributed by atoms with van der Waals surface area (Å²) in [7, 11) is 0. The summed E-state index contributed by atoms with van der Waals surface area (Å²) in [6.45, 7) is 4.61. The van der Waals surface area contributed by atoms with E-state index in [1.54, 1.807) is 6.92 Å². The zero-order chi connectivity index (χ0) is 27.5. The molecule has 4 heteroatoms. The van der Waals surface area contributed by atoms with E-state index in [1.807, 2.05) is 17.0 Å². The van der Waals surface area contributed by atoms with Crippen molar-refractivity contribution in [3.63, 3.8) is 0 Å². The number of carbonyl (C=O) groups is 1. The van der Waals surface area contributed by atoms with Crippen LogP contribution in [0, 0.1) is 0 Å². The van der Waals surface area contributed by atoms with Crippen LogP contribution in [0.4, 0.5) is 0 Å². The average molecular weight is 528 g/mol. The molecule has 2 atom stereocenters. The van der Waals surface area contributed by atoms with Gasteiger partial charge in [-0.3, -0.25) is 4.79 Å². The predicted molar refractivity (Wildman–Crippen MR) is 163 cm³/mol. The van der Waals surface area contributed by atoms with Gasteiger partial charge in [0.05, 0.1) is 0 Å². The van der Waals surface area contributed by atoms with Crippen molar-refractivity contribution in [2.24, 2.45) is 0 Å². The van der Waals surface area contributed by atoms with Crippen LogP contribution in [-0.4, -0.2) is 23.6 Å². The van der Waals surface area contributed by atoms with Gasteiger partial charge >= 0.3 is 0 Å². The smallest absolute Gasteiger partial charge is 0.231 e. The molecule has 6 rings (SSSR count). The fraction of sp³-hybridized carbons (Fsp3) is 0.194. The standard InChI is InChI=1S/C36H33NO3/c1-25(37(26(2)38)23-28-15-17-30-10-4-6-12-32(30)21-28)34(33-18-19-35-36(22-33)40-24-39-35)13-7-8-27-14-16-29-9-3-5-11-31(29)20-27/h3-12,14-22,25,34H,13,23-24H2,1-2H3. The van der Waals surface area contributed by atoms with Crippen molar-refractivity contribution >= 4 is 33.5 Å². The van der Waals surface area contributed by atoms with Gasteiger partial charge in [0, 0.05) is 25.4 Å².